The van der Waals surface area contributed by atoms with Crippen LogP contribution in [0.2, 0.25) is 0 Å². The number of hydrogen-bond acceptors (Lipinski definition) is 2. The summed E-state index contributed by atoms with van der Waals surface area (Å²) >= 11 is 0. The molecule has 1 aromatic carbocycles. The zero-order valence-corrected chi connectivity index (χ0v) is 8.63. The second-order valence-corrected chi connectivity index (χ2v) is 3.71. The lowest BCUT2D eigenvalue weighted by molar-refractivity contribution is 0.112. The standard InChI is InChI=1S/C12H11NO2/c1-7-3-8(2)10-5-9(6-14)12(15)13-11(10)4-7/h3-6H,1-2H3,(H,13,15). The number of aldehydes is 1. The number of aromatic amines is 1. The molecule has 3 nitrogen and oxygen atoms in total. The van der Waals surface area contributed by atoms with Gasteiger partial charge in [-0.25, -0.2) is 0 Å². The average molecular weight is 201 g/mol. The summed E-state index contributed by atoms with van der Waals surface area (Å²) in [7, 11) is 0. The maximum Gasteiger partial charge on any atom is 0.259 e. The minimum absolute atomic E-state index is 0.175. The fourth-order valence-electron chi connectivity index (χ4n) is 1.78. The van der Waals surface area contributed by atoms with Gasteiger partial charge in [0.15, 0.2) is 6.29 Å². The Kier molecular flexibility index (Phi) is 2.15. The van der Waals surface area contributed by atoms with Crippen LogP contribution in [0.3, 0.4) is 0 Å². The van der Waals surface area contributed by atoms with Crippen LogP contribution in [0.1, 0.15) is 21.5 Å². The van der Waals surface area contributed by atoms with Gasteiger partial charge in [0.1, 0.15) is 0 Å². The molecule has 0 atom stereocenters. The summed E-state index contributed by atoms with van der Waals surface area (Å²) in [5.74, 6) is 0. The van der Waals surface area contributed by atoms with Gasteiger partial charge in [-0.1, -0.05) is 6.07 Å². The van der Waals surface area contributed by atoms with Gasteiger partial charge < -0.3 is 4.98 Å². The Bertz CT molecular complexity index is 596. The molecule has 76 valence electrons. The van der Waals surface area contributed by atoms with Crippen molar-refractivity contribution in [2.24, 2.45) is 0 Å². The molecule has 0 unspecified atom stereocenters. The Balaban J connectivity index is 2.93. The van der Waals surface area contributed by atoms with E-state index in [1.165, 1.54) is 0 Å². The van der Waals surface area contributed by atoms with Gasteiger partial charge in [0, 0.05) is 10.9 Å². The fraction of sp³-hybridized carbons (Fsp3) is 0.167. The van der Waals surface area contributed by atoms with Crippen molar-refractivity contribution in [3.05, 3.63) is 45.2 Å². The lowest BCUT2D eigenvalue weighted by Crippen LogP contribution is -2.11. The molecular weight excluding hydrogens is 190 g/mol. The van der Waals surface area contributed by atoms with Crippen LogP contribution in [0.25, 0.3) is 10.9 Å². The van der Waals surface area contributed by atoms with Crippen LogP contribution in [-0.4, -0.2) is 11.3 Å². The molecule has 3 heteroatoms. The first-order valence-corrected chi connectivity index (χ1v) is 4.71. The highest BCUT2D eigenvalue weighted by Crippen LogP contribution is 2.17. The molecule has 0 fully saturated rings. The van der Waals surface area contributed by atoms with Gasteiger partial charge in [-0.3, -0.25) is 9.59 Å². The summed E-state index contributed by atoms with van der Waals surface area (Å²) in [4.78, 5) is 24.7. The highest BCUT2D eigenvalue weighted by molar-refractivity contribution is 5.88. The smallest absolute Gasteiger partial charge is 0.259 e. The molecule has 1 aromatic heterocycles. The van der Waals surface area contributed by atoms with Crippen molar-refractivity contribution in [2.75, 3.05) is 0 Å². The largest absolute Gasteiger partial charge is 0.321 e. The number of carbonyl (C=O) groups is 1. The number of hydrogen-bond donors (Lipinski definition) is 1. The van der Waals surface area contributed by atoms with Crippen LogP contribution >= 0.6 is 0 Å². The van der Waals surface area contributed by atoms with Gasteiger partial charge in [-0.05, 0) is 37.1 Å². The third-order valence-corrected chi connectivity index (χ3v) is 2.47. The van der Waals surface area contributed by atoms with Gasteiger partial charge in [0.2, 0.25) is 0 Å². The normalized spacial score (nSPS) is 10.5. The van der Waals surface area contributed by atoms with Crippen molar-refractivity contribution in [3.63, 3.8) is 0 Å². The van der Waals surface area contributed by atoms with Crippen molar-refractivity contribution in [1.82, 2.24) is 4.98 Å². The van der Waals surface area contributed by atoms with Gasteiger partial charge in [0.25, 0.3) is 5.56 Å². The van der Waals surface area contributed by atoms with Crippen molar-refractivity contribution >= 4 is 17.2 Å². The van der Waals surface area contributed by atoms with E-state index >= 15 is 0 Å². The van der Waals surface area contributed by atoms with E-state index in [4.69, 9.17) is 0 Å². The van der Waals surface area contributed by atoms with E-state index in [0.29, 0.717) is 6.29 Å². The van der Waals surface area contributed by atoms with E-state index in [1.807, 2.05) is 26.0 Å². The second kappa shape index (κ2) is 3.35. The molecule has 0 amide bonds. The molecule has 1 N–H and O–H groups in total. The third kappa shape index (κ3) is 1.56. The number of aryl methyl sites for hydroxylation is 2. The number of rotatable bonds is 1. The van der Waals surface area contributed by atoms with Crippen LogP contribution in [0.5, 0.6) is 0 Å². The summed E-state index contributed by atoms with van der Waals surface area (Å²) in [6.45, 7) is 3.93. The molecule has 1 heterocycles. The molecular formula is C12H11NO2. The molecule has 0 aliphatic rings. The van der Waals surface area contributed by atoms with E-state index in [-0.39, 0.29) is 11.1 Å². The lowest BCUT2D eigenvalue weighted by Gasteiger charge is -2.04. The molecule has 15 heavy (non-hydrogen) atoms. The van der Waals surface area contributed by atoms with Crippen molar-refractivity contribution in [3.8, 4) is 0 Å². The molecule has 0 saturated carbocycles. The van der Waals surface area contributed by atoms with Crippen molar-refractivity contribution in [2.45, 2.75) is 13.8 Å². The van der Waals surface area contributed by atoms with Crippen LogP contribution in [0.4, 0.5) is 0 Å². The number of pyridine rings is 1. The van der Waals surface area contributed by atoms with Crippen molar-refractivity contribution in [1.29, 1.82) is 0 Å². The number of aromatic nitrogens is 1. The summed E-state index contributed by atoms with van der Waals surface area (Å²) in [6.07, 6.45) is 0.581. The maximum absolute atomic E-state index is 11.4. The number of H-pyrrole nitrogens is 1. The Hall–Kier alpha value is -1.90. The number of fused-ring (bicyclic) bond motifs is 1. The molecule has 2 rings (SSSR count). The maximum atomic E-state index is 11.4. The van der Waals surface area contributed by atoms with E-state index < -0.39 is 0 Å². The number of nitrogens with one attached hydrogen (secondary N) is 1. The van der Waals surface area contributed by atoms with Crippen LogP contribution in [-0.2, 0) is 0 Å². The first-order valence-electron chi connectivity index (χ1n) is 4.71. The first kappa shape index (κ1) is 9.65. The van der Waals surface area contributed by atoms with Crippen LogP contribution in [0, 0.1) is 13.8 Å². The third-order valence-electron chi connectivity index (χ3n) is 2.47. The predicted octanol–water partition coefficient (Wildman–Crippen LogP) is 1.96. The SMILES string of the molecule is Cc1cc(C)c2cc(C=O)c(=O)[nH]c2c1. The highest BCUT2D eigenvalue weighted by atomic mass is 16.1. The molecule has 2 aromatic rings. The number of carbonyl (C=O) groups excluding carboxylic acids is 1. The van der Waals surface area contributed by atoms with E-state index in [1.54, 1.807) is 6.07 Å². The quantitative estimate of drug-likeness (QED) is 0.717. The minimum atomic E-state index is -0.331. The number of benzene rings is 1. The molecule has 0 saturated heterocycles. The van der Waals surface area contributed by atoms with Gasteiger partial charge in [-0.15, -0.1) is 0 Å². The Morgan fingerprint density at radius 2 is 1.93 bits per heavy atom. The molecule has 0 aliphatic carbocycles. The van der Waals surface area contributed by atoms with Gasteiger partial charge in [0.05, 0.1) is 5.56 Å². The predicted molar refractivity (Wildman–Crippen MR) is 59.4 cm³/mol. The lowest BCUT2D eigenvalue weighted by atomic mass is 10.0. The Labute approximate surface area is 86.8 Å². The van der Waals surface area contributed by atoms with E-state index in [9.17, 15) is 9.59 Å². The monoisotopic (exact) mass is 201 g/mol. The first-order chi connectivity index (χ1) is 7.11. The highest BCUT2D eigenvalue weighted by Gasteiger charge is 2.04. The fourth-order valence-corrected chi connectivity index (χ4v) is 1.78. The van der Waals surface area contributed by atoms with Gasteiger partial charge in [-0.2, -0.15) is 0 Å². The van der Waals surface area contributed by atoms with Crippen LogP contribution in [0.15, 0.2) is 23.0 Å². The van der Waals surface area contributed by atoms with Gasteiger partial charge >= 0.3 is 0 Å². The summed E-state index contributed by atoms with van der Waals surface area (Å²) in [6, 6.07) is 5.56. The Morgan fingerprint density at radius 3 is 2.60 bits per heavy atom. The van der Waals surface area contributed by atoms with E-state index in [2.05, 4.69) is 4.98 Å². The molecule has 0 spiro atoms. The van der Waals surface area contributed by atoms with Crippen LogP contribution < -0.4 is 5.56 Å². The summed E-state index contributed by atoms with van der Waals surface area (Å²) < 4.78 is 0. The average Bonchev–Trinajstić information content (AvgIpc) is 2.16. The Morgan fingerprint density at radius 1 is 1.20 bits per heavy atom. The minimum Gasteiger partial charge on any atom is -0.321 e. The zero-order valence-electron chi connectivity index (χ0n) is 8.63. The molecule has 0 bridgehead atoms. The topological polar surface area (TPSA) is 49.9 Å². The van der Waals surface area contributed by atoms with E-state index in [0.717, 1.165) is 22.0 Å². The molecule has 0 aliphatic heterocycles. The molecule has 0 radical (unpaired) electrons. The second-order valence-electron chi connectivity index (χ2n) is 3.71. The summed E-state index contributed by atoms with van der Waals surface area (Å²) in [5.41, 5.74) is 2.78. The summed E-state index contributed by atoms with van der Waals surface area (Å²) in [5, 5.41) is 0.919. The zero-order chi connectivity index (χ0) is 11.0. The van der Waals surface area contributed by atoms with Crippen molar-refractivity contribution < 1.29 is 4.79 Å².